The van der Waals surface area contributed by atoms with Crippen LogP contribution in [0.2, 0.25) is 0 Å². The second-order valence-corrected chi connectivity index (χ2v) is 6.50. The molecule has 30 heavy (non-hydrogen) atoms. The first-order valence-electron chi connectivity index (χ1n) is 9.52. The summed E-state index contributed by atoms with van der Waals surface area (Å²) in [6.07, 6.45) is 4.99. The molecule has 3 aromatic rings. The van der Waals surface area contributed by atoms with Gasteiger partial charge in [-0.25, -0.2) is 9.78 Å². The highest BCUT2D eigenvalue weighted by atomic mass is 16.5. The molecule has 0 aliphatic heterocycles. The van der Waals surface area contributed by atoms with Crippen LogP contribution < -0.4 is 10.7 Å². The molecular formula is C24H23N3O3. The molecule has 0 bridgehead atoms. The van der Waals surface area contributed by atoms with Crippen molar-refractivity contribution in [2.24, 2.45) is 0 Å². The van der Waals surface area contributed by atoms with Crippen molar-refractivity contribution in [1.82, 2.24) is 9.55 Å². The van der Waals surface area contributed by atoms with Gasteiger partial charge in [-0.1, -0.05) is 37.4 Å². The number of benzene rings is 1. The number of carbonyl (C=O) groups excluding carboxylic acids is 1. The number of fused-ring (bicyclic) bond motifs is 1. The van der Waals surface area contributed by atoms with Crippen molar-refractivity contribution in [1.29, 1.82) is 0 Å². The lowest BCUT2D eigenvalue weighted by atomic mass is 10.1. The van der Waals surface area contributed by atoms with E-state index in [0.717, 1.165) is 5.69 Å². The van der Waals surface area contributed by atoms with E-state index < -0.39 is 5.97 Å². The third-order valence-electron chi connectivity index (χ3n) is 4.45. The maximum Gasteiger partial charge on any atom is 0.357 e. The molecule has 1 N–H and O–H groups in total. The van der Waals surface area contributed by atoms with Crippen LogP contribution in [-0.4, -0.2) is 22.1 Å². The average Bonchev–Trinajstić information content (AvgIpc) is 2.73. The number of ether oxygens (including phenoxy) is 1. The van der Waals surface area contributed by atoms with Crippen LogP contribution in [0.1, 0.15) is 23.0 Å². The minimum atomic E-state index is -0.536. The number of para-hydroxylation sites is 1. The first-order valence-corrected chi connectivity index (χ1v) is 9.52. The van der Waals surface area contributed by atoms with Crippen LogP contribution >= 0.6 is 0 Å². The number of aryl methyl sites for hydroxylation is 1. The average molecular weight is 401 g/mol. The monoisotopic (exact) mass is 401 g/mol. The van der Waals surface area contributed by atoms with E-state index in [1.54, 1.807) is 42.7 Å². The Hall–Kier alpha value is -3.93. The molecule has 0 spiro atoms. The SMILES string of the molecule is C=C/C=C(\C=C)Nc1cc(=O)c2c(C)cc(C(=O)OCC)nc2n1-c1ccccc1. The lowest BCUT2D eigenvalue weighted by Crippen LogP contribution is -2.17. The van der Waals surface area contributed by atoms with Crippen LogP contribution in [-0.2, 0) is 4.74 Å². The van der Waals surface area contributed by atoms with Gasteiger partial charge in [0.05, 0.1) is 12.0 Å². The summed E-state index contributed by atoms with van der Waals surface area (Å²) in [4.78, 5) is 29.8. The number of nitrogens with zero attached hydrogens (tertiary/aromatic N) is 2. The zero-order chi connectivity index (χ0) is 21.7. The Bertz CT molecular complexity index is 1210. The minimum Gasteiger partial charge on any atom is -0.461 e. The maximum atomic E-state index is 13.0. The fourth-order valence-electron chi connectivity index (χ4n) is 3.17. The van der Waals surface area contributed by atoms with Gasteiger partial charge in [0.25, 0.3) is 0 Å². The van der Waals surface area contributed by atoms with Gasteiger partial charge in [-0.3, -0.25) is 9.36 Å². The fourth-order valence-corrected chi connectivity index (χ4v) is 3.17. The van der Waals surface area contributed by atoms with Crippen LogP contribution in [0.3, 0.4) is 0 Å². The van der Waals surface area contributed by atoms with Crippen molar-refractivity contribution in [3.05, 3.63) is 101 Å². The molecular weight excluding hydrogens is 378 g/mol. The van der Waals surface area contributed by atoms with Crippen molar-refractivity contribution in [3.8, 4) is 5.69 Å². The normalized spacial score (nSPS) is 11.2. The predicted molar refractivity (Wildman–Crippen MR) is 120 cm³/mol. The molecule has 152 valence electrons. The Morgan fingerprint density at radius 1 is 1.23 bits per heavy atom. The van der Waals surface area contributed by atoms with Gasteiger partial charge < -0.3 is 10.1 Å². The van der Waals surface area contributed by atoms with Gasteiger partial charge in [-0.2, -0.15) is 0 Å². The minimum absolute atomic E-state index is 0.147. The van der Waals surface area contributed by atoms with E-state index in [-0.39, 0.29) is 17.7 Å². The maximum absolute atomic E-state index is 13.0. The van der Waals surface area contributed by atoms with E-state index in [2.05, 4.69) is 23.5 Å². The lowest BCUT2D eigenvalue weighted by molar-refractivity contribution is 0.0519. The van der Waals surface area contributed by atoms with Crippen molar-refractivity contribution in [3.63, 3.8) is 0 Å². The Balaban J connectivity index is 2.40. The molecule has 1 aromatic carbocycles. The standard InChI is InChI=1S/C24H23N3O3/c1-5-11-17(6-2)25-21-15-20(28)22-16(4)14-19(24(29)30-7-3)26-23(22)27(21)18-12-9-8-10-13-18/h5-6,8-15,25H,1-2,7H2,3-4H3/b17-11+. The Kier molecular flexibility index (Phi) is 6.27. The summed E-state index contributed by atoms with van der Waals surface area (Å²) < 4.78 is 6.91. The highest BCUT2D eigenvalue weighted by Gasteiger charge is 2.18. The van der Waals surface area contributed by atoms with Crippen LogP contribution in [0.25, 0.3) is 16.7 Å². The fraction of sp³-hybridized carbons (Fsp3) is 0.125. The molecule has 6 heteroatoms. The van der Waals surface area contributed by atoms with E-state index in [0.29, 0.717) is 28.1 Å². The quantitative estimate of drug-likeness (QED) is 0.465. The summed E-state index contributed by atoms with van der Waals surface area (Å²) in [5.41, 5.74) is 2.39. The molecule has 3 rings (SSSR count). The first-order chi connectivity index (χ1) is 14.5. The number of anilines is 1. The van der Waals surface area contributed by atoms with Gasteiger partial charge in [0.1, 0.15) is 5.82 Å². The number of rotatable bonds is 7. The molecule has 0 aliphatic carbocycles. The zero-order valence-electron chi connectivity index (χ0n) is 17.0. The molecule has 0 radical (unpaired) electrons. The lowest BCUT2D eigenvalue weighted by Gasteiger charge is -2.19. The summed E-state index contributed by atoms with van der Waals surface area (Å²) in [5.74, 6) is -0.0501. The summed E-state index contributed by atoms with van der Waals surface area (Å²) >= 11 is 0. The molecule has 0 saturated heterocycles. The van der Waals surface area contributed by atoms with Crippen LogP contribution in [0.4, 0.5) is 5.82 Å². The number of allylic oxidation sites excluding steroid dienone is 3. The van der Waals surface area contributed by atoms with Crippen LogP contribution in [0.15, 0.2) is 84.3 Å². The number of pyridine rings is 2. The third kappa shape index (κ3) is 4.07. The second kappa shape index (κ2) is 9.05. The number of nitrogens with one attached hydrogen (secondary N) is 1. The summed E-state index contributed by atoms with van der Waals surface area (Å²) in [6.45, 7) is 11.2. The van der Waals surface area contributed by atoms with Gasteiger partial charge >= 0.3 is 5.97 Å². The molecule has 2 aromatic heterocycles. The molecule has 6 nitrogen and oxygen atoms in total. The Labute approximate surface area is 174 Å². The van der Waals surface area contributed by atoms with Gasteiger partial charge in [-0.05, 0) is 49.8 Å². The van der Waals surface area contributed by atoms with E-state index >= 15 is 0 Å². The molecule has 2 heterocycles. The van der Waals surface area contributed by atoms with Crippen LogP contribution in [0.5, 0.6) is 0 Å². The topological polar surface area (TPSA) is 73.2 Å². The molecule has 0 amide bonds. The number of hydrogen-bond donors (Lipinski definition) is 1. The number of hydrogen-bond acceptors (Lipinski definition) is 5. The zero-order valence-corrected chi connectivity index (χ0v) is 17.0. The van der Waals surface area contributed by atoms with Crippen molar-refractivity contribution >= 4 is 22.8 Å². The smallest absolute Gasteiger partial charge is 0.357 e. The van der Waals surface area contributed by atoms with Gasteiger partial charge in [0, 0.05) is 17.5 Å². The highest BCUT2D eigenvalue weighted by Crippen LogP contribution is 2.25. The Morgan fingerprint density at radius 2 is 1.97 bits per heavy atom. The highest BCUT2D eigenvalue weighted by molar-refractivity contribution is 5.92. The molecule has 0 aliphatic rings. The van der Waals surface area contributed by atoms with Crippen molar-refractivity contribution in [2.75, 3.05) is 11.9 Å². The summed E-state index contributed by atoms with van der Waals surface area (Å²) in [5, 5.41) is 3.64. The van der Waals surface area contributed by atoms with E-state index in [4.69, 9.17) is 4.74 Å². The summed E-state index contributed by atoms with van der Waals surface area (Å²) in [7, 11) is 0. The second-order valence-electron chi connectivity index (χ2n) is 6.50. The van der Waals surface area contributed by atoms with E-state index in [1.165, 1.54) is 6.07 Å². The van der Waals surface area contributed by atoms with E-state index in [9.17, 15) is 9.59 Å². The molecule has 0 unspecified atom stereocenters. The molecule has 0 fully saturated rings. The number of esters is 1. The van der Waals surface area contributed by atoms with E-state index in [1.807, 2.05) is 30.3 Å². The predicted octanol–water partition coefficient (Wildman–Crippen LogP) is 4.54. The number of carbonyl (C=O) groups is 1. The largest absolute Gasteiger partial charge is 0.461 e. The van der Waals surface area contributed by atoms with Crippen molar-refractivity contribution < 1.29 is 9.53 Å². The third-order valence-corrected chi connectivity index (χ3v) is 4.45. The number of aromatic nitrogens is 2. The van der Waals surface area contributed by atoms with Gasteiger partial charge in [0.2, 0.25) is 0 Å². The molecule has 0 atom stereocenters. The van der Waals surface area contributed by atoms with Gasteiger partial charge in [0.15, 0.2) is 16.8 Å². The van der Waals surface area contributed by atoms with Crippen LogP contribution in [0, 0.1) is 6.92 Å². The molecule has 0 saturated carbocycles. The van der Waals surface area contributed by atoms with Gasteiger partial charge in [-0.15, -0.1) is 0 Å². The summed E-state index contributed by atoms with van der Waals surface area (Å²) in [6, 6.07) is 12.6. The first kappa shape index (κ1) is 20.8. The Morgan fingerprint density at radius 3 is 2.60 bits per heavy atom. The van der Waals surface area contributed by atoms with Crippen molar-refractivity contribution in [2.45, 2.75) is 13.8 Å².